The molecule has 0 aliphatic carbocycles. The minimum absolute atomic E-state index is 0.0657. The van der Waals surface area contributed by atoms with E-state index in [1.807, 2.05) is 0 Å². The molecule has 2 heterocycles. The Balaban J connectivity index is 1.68. The van der Waals surface area contributed by atoms with Gasteiger partial charge in [0, 0.05) is 26.2 Å². The predicted molar refractivity (Wildman–Crippen MR) is 101 cm³/mol. The van der Waals surface area contributed by atoms with Gasteiger partial charge in [0.05, 0.1) is 23.7 Å². The molecule has 0 saturated carbocycles. The molecule has 154 valence electrons. The summed E-state index contributed by atoms with van der Waals surface area (Å²) in [6.45, 7) is 4.34. The highest BCUT2D eigenvalue weighted by Crippen LogP contribution is 2.22. The molecule has 0 aromatic heterocycles. The summed E-state index contributed by atoms with van der Waals surface area (Å²) >= 11 is 0. The molecular formula is C19H26N2O6S. The number of rotatable bonds is 5. The summed E-state index contributed by atoms with van der Waals surface area (Å²) in [7, 11) is -3.64. The van der Waals surface area contributed by atoms with Crippen LogP contribution in [0.2, 0.25) is 0 Å². The van der Waals surface area contributed by atoms with Crippen LogP contribution in [-0.4, -0.2) is 75.0 Å². The molecule has 0 radical (unpaired) electrons. The molecule has 2 saturated heterocycles. The van der Waals surface area contributed by atoms with E-state index in [2.05, 4.69) is 0 Å². The van der Waals surface area contributed by atoms with Crippen molar-refractivity contribution in [3.05, 3.63) is 29.8 Å². The monoisotopic (exact) mass is 410 g/mol. The van der Waals surface area contributed by atoms with Crippen LogP contribution in [0.25, 0.3) is 0 Å². The molecule has 0 N–H and O–H groups in total. The summed E-state index contributed by atoms with van der Waals surface area (Å²) < 4.78 is 37.5. The first-order valence-electron chi connectivity index (χ1n) is 9.57. The van der Waals surface area contributed by atoms with Crippen molar-refractivity contribution in [2.24, 2.45) is 0 Å². The van der Waals surface area contributed by atoms with Crippen molar-refractivity contribution >= 4 is 21.9 Å². The maximum Gasteiger partial charge on any atom is 0.338 e. The SMILES string of the molecule is CC(OC(=O)c1cccc(S(=O)(=O)N2CCCCC2)c1)C(=O)N1CCOCC1. The summed E-state index contributed by atoms with van der Waals surface area (Å²) in [5.41, 5.74) is 0.111. The maximum atomic E-state index is 12.8. The number of carbonyl (C=O) groups is 2. The number of carbonyl (C=O) groups excluding carboxylic acids is 2. The molecule has 1 aromatic rings. The van der Waals surface area contributed by atoms with Crippen molar-refractivity contribution in [2.45, 2.75) is 37.2 Å². The normalized spacial score (nSPS) is 19.8. The molecule has 28 heavy (non-hydrogen) atoms. The van der Waals surface area contributed by atoms with Crippen LogP contribution in [0.5, 0.6) is 0 Å². The average Bonchev–Trinajstić information content (AvgIpc) is 2.74. The molecule has 2 fully saturated rings. The molecule has 3 rings (SSSR count). The standard InChI is InChI=1S/C19H26N2O6S/c1-15(18(22)20-10-12-26-13-11-20)27-19(23)16-6-5-7-17(14-16)28(24,25)21-8-3-2-4-9-21/h5-7,14-15H,2-4,8-13H2,1H3. The zero-order valence-electron chi connectivity index (χ0n) is 16.0. The van der Waals surface area contributed by atoms with E-state index in [1.165, 1.54) is 35.5 Å². The van der Waals surface area contributed by atoms with Gasteiger partial charge in [-0.3, -0.25) is 4.79 Å². The molecule has 2 aliphatic heterocycles. The van der Waals surface area contributed by atoms with E-state index in [-0.39, 0.29) is 16.4 Å². The molecule has 9 heteroatoms. The van der Waals surface area contributed by atoms with Crippen LogP contribution in [0, 0.1) is 0 Å². The second-order valence-corrected chi connectivity index (χ2v) is 8.92. The fraction of sp³-hybridized carbons (Fsp3) is 0.579. The van der Waals surface area contributed by atoms with E-state index >= 15 is 0 Å². The van der Waals surface area contributed by atoms with Crippen LogP contribution < -0.4 is 0 Å². The van der Waals surface area contributed by atoms with E-state index in [0.717, 1.165) is 19.3 Å². The van der Waals surface area contributed by atoms with E-state index in [4.69, 9.17) is 9.47 Å². The first-order chi connectivity index (χ1) is 13.4. The lowest BCUT2D eigenvalue weighted by molar-refractivity contribution is -0.143. The summed E-state index contributed by atoms with van der Waals surface area (Å²) in [5, 5.41) is 0. The Kier molecular flexibility index (Phi) is 6.69. The van der Waals surface area contributed by atoms with Gasteiger partial charge in [-0.2, -0.15) is 4.31 Å². The molecule has 0 bridgehead atoms. The van der Waals surface area contributed by atoms with Crippen molar-refractivity contribution in [3.63, 3.8) is 0 Å². The minimum atomic E-state index is -3.64. The molecule has 0 spiro atoms. The Morgan fingerprint density at radius 3 is 2.43 bits per heavy atom. The molecule has 8 nitrogen and oxygen atoms in total. The van der Waals surface area contributed by atoms with Crippen molar-refractivity contribution in [2.75, 3.05) is 39.4 Å². The van der Waals surface area contributed by atoms with E-state index < -0.39 is 22.1 Å². The number of ether oxygens (including phenoxy) is 2. The van der Waals surface area contributed by atoms with E-state index in [0.29, 0.717) is 39.4 Å². The smallest absolute Gasteiger partial charge is 0.338 e. The lowest BCUT2D eigenvalue weighted by Gasteiger charge is -2.29. The Morgan fingerprint density at radius 1 is 1.07 bits per heavy atom. The van der Waals surface area contributed by atoms with Crippen LogP contribution in [0.4, 0.5) is 0 Å². The maximum absolute atomic E-state index is 12.8. The molecule has 2 aliphatic rings. The van der Waals surface area contributed by atoms with Gasteiger partial charge in [0.2, 0.25) is 10.0 Å². The quantitative estimate of drug-likeness (QED) is 0.679. The van der Waals surface area contributed by atoms with Gasteiger partial charge >= 0.3 is 5.97 Å². The van der Waals surface area contributed by atoms with Gasteiger partial charge in [-0.15, -0.1) is 0 Å². The average molecular weight is 410 g/mol. The number of hydrogen-bond donors (Lipinski definition) is 0. The lowest BCUT2D eigenvalue weighted by Crippen LogP contribution is -2.46. The summed E-state index contributed by atoms with van der Waals surface area (Å²) in [6.07, 6.45) is 1.74. The van der Waals surface area contributed by atoms with Gasteiger partial charge in [0.25, 0.3) is 5.91 Å². The first-order valence-corrected chi connectivity index (χ1v) is 11.0. The number of hydrogen-bond acceptors (Lipinski definition) is 6. The van der Waals surface area contributed by atoms with Gasteiger partial charge in [-0.1, -0.05) is 12.5 Å². The summed E-state index contributed by atoms with van der Waals surface area (Å²) in [5.74, 6) is -1.00. The fourth-order valence-corrected chi connectivity index (χ4v) is 4.92. The van der Waals surface area contributed by atoms with Gasteiger partial charge in [0.15, 0.2) is 6.10 Å². The Hall–Kier alpha value is -1.97. The van der Waals surface area contributed by atoms with Crippen LogP contribution in [0.15, 0.2) is 29.2 Å². The lowest BCUT2D eigenvalue weighted by atomic mass is 10.2. The third-order valence-corrected chi connectivity index (χ3v) is 6.87. The summed E-state index contributed by atoms with van der Waals surface area (Å²) in [6, 6.07) is 5.80. The highest BCUT2D eigenvalue weighted by Gasteiger charge is 2.28. The van der Waals surface area contributed by atoms with Crippen molar-refractivity contribution in [3.8, 4) is 0 Å². The second kappa shape index (κ2) is 9.02. The second-order valence-electron chi connectivity index (χ2n) is 6.98. The Labute approximate surface area is 165 Å². The number of nitrogens with zero attached hydrogens (tertiary/aromatic N) is 2. The van der Waals surface area contributed by atoms with Crippen LogP contribution in [0.3, 0.4) is 0 Å². The van der Waals surface area contributed by atoms with Crippen molar-refractivity contribution in [1.82, 2.24) is 9.21 Å². The molecule has 1 atom stereocenters. The van der Waals surface area contributed by atoms with Crippen LogP contribution >= 0.6 is 0 Å². The van der Waals surface area contributed by atoms with Crippen molar-refractivity contribution < 1.29 is 27.5 Å². The third-order valence-electron chi connectivity index (χ3n) is 4.98. The number of piperidine rings is 1. The fourth-order valence-electron chi connectivity index (χ4n) is 3.36. The largest absolute Gasteiger partial charge is 0.449 e. The Bertz CT molecular complexity index is 813. The number of amides is 1. The number of esters is 1. The van der Waals surface area contributed by atoms with Gasteiger partial charge in [-0.05, 0) is 38.0 Å². The van der Waals surface area contributed by atoms with Gasteiger partial charge < -0.3 is 14.4 Å². The number of morpholine rings is 1. The van der Waals surface area contributed by atoms with Gasteiger partial charge in [-0.25, -0.2) is 13.2 Å². The minimum Gasteiger partial charge on any atom is -0.449 e. The summed E-state index contributed by atoms with van der Waals surface area (Å²) in [4.78, 5) is 26.5. The number of sulfonamides is 1. The zero-order chi connectivity index (χ0) is 20.1. The van der Waals surface area contributed by atoms with Gasteiger partial charge in [0.1, 0.15) is 0 Å². The zero-order valence-corrected chi connectivity index (χ0v) is 16.8. The Morgan fingerprint density at radius 2 is 1.75 bits per heavy atom. The topological polar surface area (TPSA) is 93.2 Å². The van der Waals surface area contributed by atoms with Crippen molar-refractivity contribution in [1.29, 1.82) is 0 Å². The molecular weight excluding hydrogens is 384 g/mol. The third kappa shape index (κ3) is 4.71. The highest BCUT2D eigenvalue weighted by atomic mass is 32.2. The molecule has 1 unspecified atom stereocenters. The number of benzene rings is 1. The van der Waals surface area contributed by atoms with Crippen LogP contribution in [0.1, 0.15) is 36.5 Å². The van der Waals surface area contributed by atoms with E-state index in [9.17, 15) is 18.0 Å². The van der Waals surface area contributed by atoms with Crippen LogP contribution in [-0.2, 0) is 24.3 Å². The van der Waals surface area contributed by atoms with E-state index in [1.54, 1.807) is 4.90 Å². The molecule has 1 aromatic carbocycles. The molecule has 1 amide bonds. The first kappa shape index (κ1) is 20.8. The highest BCUT2D eigenvalue weighted by molar-refractivity contribution is 7.89. The predicted octanol–water partition coefficient (Wildman–Crippen LogP) is 1.27.